The van der Waals surface area contributed by atoms with E-state index >= 15 is 0 Å². The van der Waals surface area contributed by atoms with Gasteiger partial charge in [-0.2, -0.15) is 0 Å². The molecule has 1 aromatic heterocycles. The number of piperidine rings is 1. The normalized spacial score (nSPS) is 21.7. The molecule has 1 aliphatic carbocycles. The molecule has 0 bridgehead atoms. The van der Waals surface area contributed by atoms with Crippen molar-refractivity contribution in [2.24, 2.45) is 16.1 Å². The first-order valence-corrected chi connectivity index (χ1v) is 13.3. The minimum atomic E-state index is -0.0108. The van der Waals surface area contributed by atoms with Crippen molar-refractivity contribution >= 4 is 34.7 Å². The lowest BCUT2D eigenvalue weighted by Crippen LogP contribution is -2.48. The van der Waals surface area contributed by atoms with E-state index in [1.54, 1.807) is 0 Å². The molecule has 36 heavy (non-hydrogen) atoms. The van der Waals surface area contributed by atoms with Crippen molar-refractivity contribution in [2.45, 2.75) is 53.0 Å². The molecule has 1 unspecified atom stereocenters. The number of amidine groups is 1. The van der Waals surface area contributed by atoms with Gasteiger partial charge in [-0.15, -0.1) is 0 Å². The summed E-state index contributed by atoms with van der Waals surface area (Å²) in [4.78, 5) is 14.1. The number of likely N-dealkylation sites (tertiary alicyclic amines) is 1. The number of aromatic nitrogens is 1. The van der Waals surface area contributed by atoms with Crippen LogP contribution < -0.4 is 5.73 Å². The Bertz CT molecular complexity index is 1310. The summed E-state index contributed by atoms with van der Waals surface area (Å²) in [6.07, 6.45) is 11.0. The van der Waals surface area contributed by atoms with Gasteiger partial charge >= 0.3 is 0 Å². The lowest BCUT2D eigenvalue weighted by atomic mass is 9.73. The molecule has 7 heteroatoms. The summed E-state index contributed by atoms with van der Waals surface area (Å²) >= 11 is 13.0. The largest absolute Gasteiger partial charge is 0.355 e. The van der Waals surface area contributed by atoms with Gasteiger partial charge in [-0.3, -0.25) is 4.98 Å². The van der Waals surface area contributed by atoms with E-state index in [0.717, 1.165) is 66.4 Å². The van der Waals surface area contributed by atoms with Gasteiger partial charge in [-0.25, -0.2) is 4.99 Å². The summed E-state index contributed by atoms with van der Waals surface area (Å²) in [7, 11) is 0. The van der Waals surface area contributed by atoms with Gasteiger partial charge in [0.05, 0.1) is 33.2 Å². The van der Waals surface area contributed by atoms with Gasteiger partial charge in [0.2, 0.25) is 0 Å². The molecule has 5 nitrogen and oxygen atoms in total. The second-order valence-electron chi connectivity index (χ2n) is 10.3. The van der Waals surface area contributed by atoms with Gasteiger partial charge in [0.1, 0.15) is 0 Å². The topological polar surface area (TPSA) is 57.8 Å². The average Bonchev–Trinajstić information content (AvgIpc) is 3.12. The SMILES string of the molecule is C/C=C1/C(N2CCC3(CC2)Cc2cc(C)cnc2C3N)=NC=CN1C(=C(C)C)c1cccc(Cl)c1Cl. The van der Waals surface area contributed by atoms with Crippen LogP contribution in [0.15, 0.2) is 65.2 Å². The summed E-state index contributed by atoms with van der Waals surface area (Å²) in [5, 5.41) is 1.10. The smallest absolute Gasteiger partial charge is 0.152 e. The van der Waals surface area contributed by atoms with Crippen molar-refractivity contribution in [3.8, 4) is 0 Å². The summed E-state index contributed by atoms with van der Waals surface area (Å²) in [6.45, 7) is 10.2. The number of hydrogen-bond acceptors (Lipinski definition) is 5. The molecule has 3 aliphatic rings. The lowest BCUT2D eigenvalue weighted by molar-refractivity contribution is 0.126. The Labute approximate surface area is 224 Å². The molecule has 0 radical (unpaired) electrons. The number of benzene rings is 1. The third-order valence-corrected chi connectivity index (χ3v) is 8.61. The molecule has 0 amide bonds. The van der Waals surface area contributed by atoms with Crippen LogP contribution in [0.3, 0.4) is 0 Å². The van der Waals surface area contributed by atoms with Crippen molar-refractivity contribution < 1.29 is 0 Å². The van der Waals surface area contributed by atoms with E-state index in [-0.39, 0.29) is 11.5 Å². The van der Waals surface area contributed by atoms with Crippen molar-refractivity contribution in [2.75, 3.05) is 13.1 Å². The second-order valence-corrected chi connectivity index (χ2v) is 11.1. The second kappa shape index (κ2) is 9.70. The maximum atomic E-state index is 6.80. The Morgan fingerprint density at radius 3 is 2.64 bits per heavy atom. The number of aryl methyl sites for hydroxylation is 1. The molecule has 1 aromatic carbocycles. The van der Waals surface area contributed by atoms with Gasteiger partial charge < -0.3 is 15.5 Å². The maximum absolute atomic E-state index is 6.80. The number of fused-ring (bicyclic) bond motifs is 1. The molecule has 2 N–H and O–H groups in total. The molecule has 3 heterocycles. The highest BCUT2D eigenvalue weighted by molar-refractivity contribution is 6.43. The van der Waals surface area contributed by atoms with E-state index < -0.39 is 0 Å². The zero-order chi connectivity index (χ0) is 25.6. The summed E-state index contributed by atoms with van der Waals surface area (Å²) in [6, 6.07) is 8.02. The Hall–Kier alpha value is -2.60. The average molecular weight is 523 g/mol. The standard InChI is InChI=1S/C29H33Cl2N5/c1-5-23-28(33-11-14-36(23)26(18(2)3)21-7-6-8-22(30)24(21)31)35-12-9-29(10-13-35)16-20-15-19(4)17-34-25(20)27(29)32/h5-8,11,14-15,17,27H,9-10,12-13,16,32H2,1-4H3/b23-5-. The number of allylic oxidation sites excluding steroid dienone is 2. The van der Waals surface area contributed by atoms with Crippen LogP contribution in [0.4, 0.5) is 0 Å². The van der Waals surface area contributed by atoms with E-state index in [2.05, 4.69) is 49.6 Å². The van der Waals surface area contributed by atoms with Gasteiger partial charge in [-0.1, -0.05) is 53.1 Å². The van der Waals surface area contributed by atoms with Crippen molar-refractivity contribution in [3.05, 3.63) is 92.6 Å². The van der Waals surface area contributed by atoms with Crippen LogP contribution in [-0.2, 0) is 6.42 Å². The highest BCUT2D eigenvalue weighted by atomic mass is 35.5. The number of aliphatic imine (C=N–C) groups is 1. The minimum absolute atomic E-state index is 0.0108. The fourth-order valence-corrected chi connectivity index (χ4v) is 6.34. The van der Waals surface area contributed by atoms with Crippen LogP contribution in [0.2, 0.25) is 10.0 Å². The third kappa shape index (κ3) is 4.17. The molecule has 1 fully saturated rings. The van der Waals surface area contributed by atoms with Crippen LogP contribution >= 0.6 is 23.2 Å². The molecule has 2 aliphatic heterocycles. The van der Waals surface area contributed by atoms with Crippen molar-refractivity contribution in [1.82, 2.24) is 14.8 Å². The fraction of sp³-hybridized carbons (Fsp3) is 0.379. The Kier molecular flexibility index (Phi) is 6.75. The molecule has 5 rings (SSSR count). The van der Waals surface area contributed by atoms with Crippen LogP contribution in [0.5, 0.6) is 0 Å². The summed E-state index contributed by atoms with van der Waals surface area (Å²) in [5.41, 5.74) is 14.6. The lowest BCUT2D eigenvalue weighted by Gasteiger charge is -2.44. The number of nitrogens with zero attached hydrogens (tertiary/aromatic N) is 4. The summed E-state index contributed by atoms with van der Waals surface area (Å²) in [5.74, 6) is 0.977. The molecule has 2 aromatic rings. The molecule has 0 saturated carbocycles. The molecule has 1 atom stereocenters. The predicted octanol–water partition coefficient (Wildman–Crippen LogP) is 6.88. The van der Waals surface area contributed by atoms with E-state index in [9.17, 15) is 0 Å². The zero-order valence-electron chi connectivity index (χ0n) is 21.4. The minimum Gasteiger partial charge on any atom is -0.355 e. The van der Waals surface area contributed by atoms with Gasteiger partial charge in [0.15, 0.2) is 5.84 Å². The van der Waals surface area contributed by atoms with Crippen LogP contribution in [0, 0.1) is 12.3 Å². The first kappa shape index (κ1) is 25.1. The Morgan fingerprint density at radius 2 is 1.94 bits per heavy atom. The first-order valence-electron chi connectivity index (χ1n) is 12.5. The molecule has 1 spiro atoms. The molecular formula is C29H33Cl2N5. The molecular weight excluding hydrogens is 489 g/mol. The number of nitrogens with two attached hydrogens (primary N) is 1. The van der Waals surface area contributed by atoms with Crippen LogP contribution in [-0.4, -0.2) is 33.7 Å². The quantitative estimate of drug-likeness (QED) is 0.468. The van der Waals surface area contributed by atoms with E-state index in [1.165, 1.54) is 11.1 Å². The third-order valence-electron chi connectivity index (χ3n) is 7.79. The maximum Gasteiger partial charge on any atom is 0.152 e. The van der Waals surface area contributed by atoms with Crippen molar-refractivity contribution in [3.63, 3.8) is 0 Å². The monoisotopic (exact) mass is 521 g/mol. The predicted molar refractivity (Wildman–Crippen MR) is 150 cm³/mol. The number of hydrogen-bond donors (Lipinski definition) is 1. The number of pyridine rings is 1. The number of rotatable bonds is 2. The summed E-state index contributed by atoms with van der Waals surface area (Å²) < 4.78 is 0. The van der Waals surface area contributed by atoms with Gasteiger partial charge in [-0.05, 0) is 69.6 Å². The van der Waals surface area contributed by atoms with Crippen molar-refractivity contribution in [1.29, 1.82) is 0 Å². The van der Waals surface area contributed by atoms with Gasteiger partial charge in [0.25, 0.3) is 0 Å². The highest BCUT2D eigenvalue weighted by Gasteiger charge is 2.47. The Morgan fingerprint density at radius 1 is 1.19 bits per heavy atom. The van der Waals surface area contributed by atoms with E-state index in [4.69, 9.17) is 38.9 Å². The van der Waals surface area contributed by atoms with Gasteiger partial charge in [0, 0.05) is 37.2 Å². The molecule has 1 saturated heterocycles. The van der Waals surface area contributed by atoms with E-state index in [0.29, 0.717) is 10.0 Å². The van der Waals surface area contributed by atoms with Crippen LogP contribution in [0.1, 0.15) is 62.0 Å². The number of halogens is 2. The van der Waals surface area contributed by atoms with Crippen LogP contribution in [0.25, 0.3) is 5.70 Å². The molecule has 188 valence electrons. The zero-order valence-corrected chi connectivity index (χ0v) is 22.9. The highest BCUT2D eigenvalue weighted by Crippen LogP contribution is 2.50. The first-order chi connectivity index (χ1) is 17.3. The fourth-order valence-electron chi connectivity index (χ4n) is 5.95. The Balaban J connectivity index is 1.39. The van der Waals surface area contributed by atoms with E-state index in [1.807, 2.05) is 36.8 Å².